The number of anilines is 2. The summed E-state index contributed by atoms with van der Waals surface area (Å²) in [4.78, 5) is 10.2. The fourth-order valence-electron chi connectivity index (χ4n) is 1.44. The van der Waals surface area contributed by atoms with Gasteiger partial charge in [0, 0.05) is 20.2 Å². The van der Waals surface area contributed by atoms with Crippen molar-refractivity contribution in [2.45, 2.75) is 20.3 Å². The molecule has 1 aromatic rings. The van der Waals surface area contributed by atoms with Gasteiger partial charge in [-0.2, -0.15) is 4.98 Å². The molecule has 0 fully saturated rings. The molecule has 1 heterocycles. The van der Waals surface area contributed by atoms with Crippen molar-refractivity contribution in [3.63, 3.8) is 0 Å². The summed E-state index contributed by atoms with van der Waals surface area (Å²) in [5.41, 5.74) is 6.47. The molecule has 2 N–H and O–H groups in total. The third-order valence-electron chi connectivity index (χ3n) is 2.41. The minimum Gasteiger partial charge on any atom is -0.476 e. The molecule has 0 atom stereocenters. The molecule has 0 aromatic carbocycles. The van der Waals surface area contributed by atoms with Gasteiger partial charge in [0.05, 0.1) is 13.2 Å². The van der Waals surface area contributed by atoms with E-state index in [1.165, 1.54) is 6.33 Å². The van der Waals surface area contributed by atoms with Crippen LogP contribution < -0.4 is 15.4 Å². The van der Waals surface area contributed by atoms with Gasteiger partial charge in [-0.3, -0.25) is 0 Å². The number of ether oxygens (including phenoxy) is 2. The SMILES string of the molecule is CCCOc1ncnc(N(C)CCOCC)c1N. The molecule has 0 bridgehead atoms. The topological polar surface area (TPSA) is 73.5 Å². The molecular formula is C12H22N4O2. The Morgan fingerprint density at radius 3 is 2.72 bits per heavy atom. The normalized spacial score (nSPS) is 10.4. The predicted molar refractivity (Wildman–Crippen MR) is 72.0 cm³/mol. The predicted octanol–water partition coefficient (Wildman–Crippen LogP) is 1.32. The van der Waals surface area contributed by atoms with Crippen LogP contribution in [0.25, 0.3) is 0 Å². The van der Waals surface area contributed by atoms with Gasteiger partial charge < -0.3 is 20.1 Å². The molecule has 102 valence electrons. The van der Waals surface area contributed by atoms with Gasteiger partial charge in [0.1, 0.15) is 12.0 Å². The van der Waals surface area contributed by atoms with Crippen LogP contribution in [-0.4, -0.2) is 43.4 Å². The highest BCUT2D eigenvalue weighted by atomic mass is 16.5. The Kier molecular flexibility index (Phi) is 6.21. The average molecular weight is 254 g/mol. The third kappa shape index (κ3) is 4.03. The van der Waals surface area contributed by atoms with E-state index in [2.05, 4.69) is 9.97 Å². The minimum absolute atomic E-state index is 0.449. The summed E-state index contributed by atoms with van der Waals surface area (Å²) in [6, 6.07) is 0. The van der Waals surface area contributed by atoms with Crippen LogP contribution in [-0.2, 0) is 4.74 Å². The first-order chi connectivity index (χ1) is 8.70. The number of likely N-dealkylation sites (N-methyl/N-ethyl adjacent to an activating group) is 1. The lowest BCUT2D eigenvalue weighted by Crippen LogP contribution is -2.25. The second-order valence-corrected chi connectivity index (χ2v) is 3.88. The summed E-state index contributed by atoms with van der Waals surface area (Å²) >= 11 is 0. The maximum Gasteiger partial charge on any atom is 0.242 e. The number of nitrogens with two attached hydrogens (primary N) is 1. The Bertz CT molecular complexity index is 360. The van der Waals surface area contributed by atoms with Gasteiger partial charge in [-0.15, -0.1) is 0 Å². The monoisotopic (exact) mass is 254 g/mol. The van der Waals surface area contributed by atoms with Crippen molar-refractivity contribution in [3.8, 4) is 5.88 Å². The van der Waals surface area contributed by atoms with E-state index in [-0.39, 0.29) is 0 Å². The summed E-state index contributed by atoms with van der Waals surface area (Å²) in [7, 11) is 1.92. The Morgan fingerprint density at radius 1 is 1.28 bits per heavy atom. The van der Waals surface area contributed by atoms with Crippen LogP contribution >= 0.6 is 0 Å². The van der Waals surface area contributed by atoms with Crippen LogP contribution in [0.2, 0.25) is 0 Å². The second kappa shape index (κ2) is 7.71. The van der Waals surface area contributed by atoms with Crippen LogP contribution in [0, 0.1) is 0 Å². The van der Waals surface area contributed by atoms with Gasteiger partial charge in [-0.05, 0) is 13.3 Å². The number of nitrogen functional groups attached to an aromatic ring is 1. The van der Waals surface area contributed by atoms with Crippen molar-refractivity contribution >= 4 is 11.5 Å². The zero-order valence-corrected chi connectivity index (χ0v) is 11.3. The first-order valence-electron chi connectivity index (χ1n) is 6.22. The molecule has 0 saturated carbocycles. The molecule has 1 aromatic heterocycles. The second-order valence-electron chi connectivity index (χ2n) is 3.88. The third-order valence-corrected chi connectivity index (χ3v) is 2.41. The lowest BCUT2D eigenvalue weighted by Gasteiger charge is -2.20. The highest BCUT2D eigenvalue weighted by Crippen LogP contribution is 2.26. The lowest BCUT2D eigenvalue weighted by atomic mass is 10.4. The van der Waals surface area contributed by atoms with E-state index >= 15 is 0 Å². The Labute approximate surface area is 108 Å². The number of hydrogen-bond donors (Lipinski definition) is 1. The standard InChI is InChI=1S/C12H22N4O2/c1-4-7-18-12-10(13)11(14-9-15-12)16(3)6-8-17-5-2/h9H,4-8,13H2,1-3H3. The van der Waals surface area contributed by atoms with Gasteiger partial charge in [-0.25, -0.2) is 4.98 Å². The van der Waals surface area contributed by atoms with Gasteiger partial charge in [0.25, 0.3) is 0 Å². The van der Waals surface area contributed by atoms with E-state index in [1.807, 2.05) is 25.8 Å². The molecule has 0 radical (unpaired) electrons. The lowest BCUT2D eigenvalue weighted by molar-refractivity contribution is 0.154. The minimum atomic E-state index is 0.449. The van der Waals surface area contributed by atoms with Crippen molar-refractivity contribution in [2.24, 2.45) is 0 Å². The van der Waals surface area contributed by atoms with Crippen LogP contribution in [0.3, 0.4) is 0 Å². The first-order valence-corrected chi connectivity index (χ1v) is 6.22. The summed E-state index contributed by atoms with van der Waals surface area (Å²) in [6.45, 7) is 6.67. The van der Waals surface area contributed by atoms with Crippen molar-refractivity contribution in [1.82, 2.24) is 9.97 Å². The average Bonchev–Trinajstić information content (AvgIpc) is 2.37. The quantitative estimate of drug-likeness (QED) is 0.705. The van der Waals surface area contributed by atoms with Gasteiger partial charge in [0.15, 0.2) is 5.82 Å². The maximum atomic E-state index is 6.00. The maximum absolute atomic E-state index is 6.00. The Hall–Kier alpha value is -1.56. The molecule has 6 heteroatoms. The number of rotatable bonds is 8. The first kappa shape index (κ1) is 14.5. The van der Waals surface area contributed by atoms with Crippen LogP contribution in [0.4, 0.5) is 11.5 Å². The molecule has 0 aliphatic carbocycles. The van der Waals surface area contributed by atoms with E-state index in [4.69, 9.17) is 15.2 Å². The fourth-order valence-corrected chi connectivity index (χ4v) is 1.44. The molecule has 0 spiro atoms. The van der Waals surface area contributed by atoms with Crippen molar-refractivity contribution in [3.05, 3.63) is 6.33 Å². The molecule has 6 nitrogen and oxygen atoms in total. The van der Waals surface area contributed by atoms with Crippen molar-refractivity contribution in [2.75, 3.05) is 44.0 Å². The summed E-state index contributed by atoms with van der Waals surface area (Å²) in [5, 5.41) is 0. The van der Waals surface area contributed by atoms with Gasteiger partial charge in [-0.1, -0.05) is 6.92 Å². The highest BCUT2D eigenvalue weighted by Gasteiger charge is 2.12. The van der Waals surface area contributed by atoms with Gasteiger partial charge in [0.2, 0.25) is 5.88 Å². The molecule has 1 rings (SSSR count). The molecule has 18 heavy (non-hydrogen) atoms. The Balaban J connectivity index is 2.69. The smallest absolute Gasteiger partial charge is 0.242 e. The van der Waals surface area contributed by atoms with E-state index in [9.17, 15) is 0 Å². The number of hydrogen-bond acceptors (Lipinski definition) is 6. The van der Waals surface area contributed by atoms with Crippen molar-refractivity contribution < 1.29 is 9.47 Å². The van der Waals surface area contributed by atoms with Crippen LogP contribution in [0.15, 0.2) is 6.33 Å². The van der Waals surface area contributed by atoms with E-state index in [1.54, 1.807) is 0 Å². The number of aromatic nitrogens is 2. The molecular weight excluding hydrogens is 232 g/mol. The van der Waals surface area contributed by atoms with E-state index in [0.717, 1.165) is 13.0 Å². The fraction of sp³-hybridized carbons (Fsp3) is 0.667. The van der Waals surface area contributed by atoms with E-state index < -0.39 is 0 Å². The molecule has 0 aliphatic heterocycles. The highest BCUT2D eigenvalue weighted by molar-refractivity contribution is 5.67. The summed E-state index contributed by atoms with van der Waals surface area (Å²) in [6.07, 6.45) is 2.38. The van der Waals surface area contributed by atoms with Gasteiger partial charge >= 0.3 is 0 Å². The van der Waals surface area contributed by atoms with Crippen molar-refractivity contribution in [1.29, 1.82) is 0 Å². The summed E-state index contributed by atoms with van der Waals surface area (Å²) in [5.74, 6) is 1.13. The zero-order valence-electron chi connectivity index (χ0n) is 11.3. The summed E-state index contributed by atoms with van der Waals surface area (Å²) < 4.78 is 10.8. The zero-order chi connectivity index (χ0) is 13.4. The van der Waals surface area contributed by atoms with Crippen LogP contribution in [0.5, 0.6) is 5.88 Å². The molecule has 0 aliphatic rings. The Morgan fingerprint density at radius 2 is 2.06 bits per heavy atom. The van der Waals surface area contributed by atoms with Crippen LogP contribution in [0.1, 0.15) is 20.3 Å². The van der Waals surface area contributed by atoms with E-state index in [0.29, 0.717) is 37.2 Å². The molecule has 0 unspecified atom stereocenters. The molecule has 0 saturated heterocycles. The molecule has 0 amide bonds. The number of nitrogens with zero attached hydrogens (tertiary/aromatic N) is 3. The largest absolute Gasteiger partial charge is 0.476 e.